The first-order chi connectivity index (χ1) is 7.78. The second kappa shape index (κ2) is 3.69. The molecule has 0 aliphatic carbocycles. The van der Waals surface area contributed by atoms with Crippen LogP contribution in [0.25, 0.3) is 0 Å². The number of carbonyl (C=O) groups is 1. The van der Waals surface area contributed by atoms with Crippen molar-refractivity contribution in [1.29, 1.82) is 0 Å². The second-order valence-corrected chi connectivity index (χ2v) is 5.66. The maximum absolute atomic E-state index is 11.8. The van der Waals surface area contributed by atoms with Crippen LogP contribution in [0.3, 0.4) is 0 Å². The Balaban J connectivity index is 2.62. The predicted molar refractivity (Wildman–Crippen MR) is 67.4 cm³/mol. The molecule has 17 heavy (non-hydrogen) atoms. The summed E-state index contributed by atoms with van der Waals surface area (Å²) in [6.45, 7) is 10.1. The fraction of sp³-hybridized carbons (Fsp3) is 0.429. The highest BCUT2D eigenvalue weighted by Crippen LogP contribution is 2.37. The van der Waals surface area contributed by atoms with Crippen LogP contribution in [0.4, 0.5) is 10.5 Å². The first-order valence-corrected chi connectivity index (χ1v) is 5.76. The van der Waals surface area contributed by atoms with Crippen LogP contribution in [0, 0.1) is 19.3 Å². The molecule has 0 spiro atoms. The van der Waals surface area contributed by atoms with E-state index in [-0.39, 0.29) is 11.5 Å². The molecule has 0 saturated heterocycles. The standard InChI is InChI=1S/C14H18NO2/c1-9-6-10(2)12-11(7-9)15(13(16)17-12)8-14(3,4)5/h6-8H,1-5H3/q+1/b15-8+. The fourth-order valence-electron chi connectivity index (χ4n) is 1.99. The van der Waals surface area contributed by atoms with Gasteiger partial charge in [0.25, 0.3) is 5.69 Å². The van der Waals surface area contributed by atoms with Crippen molar-refractivity contribution in [3.63, 3.8) is 0 Å². The summed E-state index contributed by atoms with van der Waals surface area (Å²) in [7, 11) is 0. The molecule has 1 aliphatic rings. The van der Waals surface area contributed by atoms with Crippen LogP contribution in [-0.2, 0) is 0 Å². The largest absolute Gasteiger partial charge is 0.608 e. The minimum atomic E-state index is -0.316. The third-order valence-electron chi connectivity index (χ3n) is 2.56. The van der Waals surface area contributed by atoms with Crippen LogP contribution < -0.4 is 4.74 Å². The molecular weight excluding hydrogens is 214 g/mol. The molecule has 1 aromatic carbocycles. The van der Waals surface area contributed by atoms with Crippen molar-refractivity contribution in [2.75, 3.05) is 0 Å². The molecule has 2 rings (SSSR count). The van der Waals surface area contributed by atoms with E-state index in [0.29, 0.717) is 5.75 Å². The molecule has 90 valence electrons. The number of hydrogen-bond acceptors (Lipinski definition) is 2. The number of fused-ring (bicyclic) bond motifs is 1. The molecule has 1 aliphatic heterocycles. The summed E-state index contributed by atoms with van der Waals surface area (Å²) < 4.78 is 6.91. The Morgan fingerprint density at radius 2 is 1.88 bits per heavy atom. The summed E-state index contributed by atoms with van der Waals surface area (Å²) >= 11 is 0. The first kappa shape index (κ1) is 11.8. The van der Waals surface area contributed by atoms with Crippen LogP contribution in [0.5, 0.6) is 5.75 Å². The van der Waals surface area contributed by atoms with Crippen LogP contribution in [0.15, 0.2) is 12.1 Å². The number of carbonyl (C=O) groups excluding carboxylic acids is 1. The van der Waals surface area contributed by atoms with Crippen molar-refractivity contribution in [2.45, 2.75) is 34.6 Å². The van der Waals surface area contributed by atoms with E-state index in [4.69, 9.17) is 4.74 Å². The maximum Gasteiger partial charge on any atom is 0.608 e. The Bertz CT molecular complexity index is 522. The summed E-state index contributed by atoms with van der Waals surface area (Å²) in [6, 6.07) is 4.00. The number of amides is 1. The lowest BCUT2D eigenvalue weighted by molar-refractivity contribution is -0.333. The summed E-state index contributed by atoms with van der Waals surface area (Å²) in [4.78, 5) is 11.8. The molecular formula is C14H18NO2+. The summed E-state index contributed by atoms with van der Waals surface area (Å²) in [5.41, 5.74) is 2.91. The minimum absolute atomic E-state index is 0.0711. The van der Waals surface area contributed by atoms with Gasteiger partial charge in [-0.1, -0.05) is 31.4 Å². The zero-order valence-electron chi connectivity index (χ0n) is 11.0. The third kappa shape index (κ3) is 2.23. The molecule has 0 aromatic heterocycles. The first-order valence-electron chi connectivity index (χ1n) is 5.76. The van der Waals surface area contributed by atoms with Crippen LogP contribution in [-0.4, -0.2) is 16.9 Å². The molecule has 0 atom stereocenters. The fourth-order valence-corrected chi connectivity index (χ4v) is 1.99. The van der Waals surface area contributed by atoms with Crippen LogP contribution in [0.2, 0.25) is 0 Å². The average molecular weight is 232 g/mol. The molecule has 0 unspecified atom stereocenters. The molecule has 0 fully saturated rings. The number of rotatable bonds is 0. The molecule has 0 bridgehead atoms. The van der Waals surface area contributed by atoms with Gasteiger partial charge in [0.05, 0.1) is 0 Å². The van der Waals surface area contributed by atoms with Crippen molar-refractivity contribution in [2.24, 2.45) is 5.41 Å². The van der Waals surface area contributed by atoms with Gasteiger partial charge in [0, 0.05) is 11.5 Å². The Labute approximate surface area is 102 Å². The van der Waals surface area contributed by atoms with Gasteiger partial charge in [-0.15, -0.1) is 0 Å². The quantitative estimate of drug-likeness (QED) is 0.640. The van der Waals surface area contributed by atoms with Gasteiger partial charge in [0.15, 0.2) is 6.21 Å². The van der Waals surface area contributed by atoms with E-state index < -0.39 is 0 Å². The lowest BCUT2D eigenvalue weighted by atomic mass is 9.99. The van der Waals surface area contributed by atoms with E-state index in [2.05, 4.69) is 20.8 Å². The van der Waals surface area contributed by atoms with Crippen molar-refractivity contribution in [3.8, 4) is 5.75 Å². The van der Waals surface area contributed by atoms with Crippen molar-refractivity contribution < 1.29 is 14.1 Å². The van der Waals surface area contributed by atoms with Gasteiger partial charge in [-0.2, -0.15) is 4.79 Å². The van der Waals surface area contributed by atoms with Crippen molar-refractivity contribution in [1.82, 2.24) is 0 Å². The number of aryl methyl sites for hydroxylation is 2. The highest BCUT2D eigenvalue weighted by molar-refractivity contribution is 5.81. The molecule has 1 heterocycles. The number of hydrogen-bond donors (Lipinski definition) is 0. The van der Waals surface area contributed by atoms with Gasteiger partial charge in [-0.25, -0.2) is 0 Å². The lowest BCUT2D eigenvalue weighted by Crippen LogP contribution is -2.21. The molecule has 0 radical (unpaired) electrons. The lowest BCUT2D eigenvalue weighted by Gasteiger charge is -2.06. The van der Waals surface area contributed by atoms with Crippen molar-refractivity contribution in [3.05, 3.63) is 23.3 Å². The van der Waals surface area contributed by atoms with E-state index >= 15 is 0 Å². The zero-order chi connectivity index (χ0) is 12.8. The molecule has 0 N–H and O–H groups in total. The van der Waals surface area contributed by atoms with E-state index in [1.807, 2.05) is 32.2 Å². The second-order valence-electron chi connectivity index (χ2n) is 5.66. The Morgan fingerprint density at radius 1 is 1.24 bits per heavy atom. The van der Waals surface area contributed by atoms with Gasteiger partial charge in [0.2, 0.25) is 5.75 Å². The normalized spacial score (nSPS) is 17.2. The Kier molecular flexibility index (Phi) is 2.57. The highest BCUT2D eigenvalue weighted by Gasteiger charge is 2.38. The molecule has 3 nitrogen and oxygen atoms in total. The average Bonchev–Trinajstić information content (AvgIpc) is 2.43. The summed E-state index contributed by atoms with van der Waals surface area (Å²) in [5, 5.41) is 0. The van der Waals surface area contributed by atoms with Crippen LogP contribution in [0.1, 0.15) is 31.9 Å². The van der Waals surface area contributed by atoms with Crippen LogP contribution >= 0.6 is 0 Å². The van der Waals surface area contributed by atoms with E-state index in [1.54, 1.807) is 4.58 Å². The summed E-state index contributed by atoms with van der Waals surface area (Å²) in [6.07, 6.45) is 1.59. The third-order valence-corrected chi connectivity index (χ3v) is 2.56. The monoisotopic (exact) mass is 232 g/mol. The highest BCUT2D eigenvalue weighted by atomic mass is 16.6. The minimum Gasteiger partial charge on any atom is -0.365 e. The van der Waals surface area contributed by atoms with Gasteiger partial charge in [-0.05, 0) is 25.0 Å². The molecule has 0 saturated carbocycles. The van der Waals surface area contributed by atoms with Gasteiger partial charge >= 0.3 is 6.09 Å². The number of benzene rings is 1. The molecule has 1 aromatic rings. The smallest absolute Gasteiger partial charge is 0.365 e. The SMILES string of the molecule is Cc1cc(C)c2c(c1)/[N+](=C\C(C)(C)C)C(=O)O2. The maximum atomic E-state index is 11.8. The summed E-state index contributed by atoms with van der Waals surface area (Å²) in [5.74, 6) is 0.682. The molecule has 1 amide bonds. The van der Waals surface area contributed by atoms with Crippen molar-refractivity contribution >= 4 is 18.0 Å². The van der Waals surface area contributed by atoms with Gasteiger partial charge < -0.3 is 4.74 Å². The van der Waals surface area contributed by atoms with E-state index in [9.17, 15) is 4.79 Å². The van der Waals surface area contributed by atoms with Gasteiger partial charge in [-0.3, -0.25) is 0 Å². The topological polar surface area (TPSA) is 29.3 Å². The number of nitrogens with zero attached hydrogens (tertiary/aromatic N) is 1. The van der Waals surface area contributed by atoms with Gasteiger partial charge in [0.1, 0.15) is 0 Å². The van der Waals surface area contributed by atoms with E-state index in [0.717, 1.165) is 16.8 Å². The zero-order valence-corrected chi connectivity index (χ0v) is 11.0. The number of ether oxygens (including phenoxy) is 1. The Hall–Kier alpha value is -1.64. The Morgan fingerprint density at radius 3 is 2.47 bits per heavy atom. The van der Waals surface area contributed by atoms with E-state index in [1.165, 1.54) is 0 Å². The molecule has 3 heteroatoms. The predicted octanol–water partition coefficient (Wildman–Crippen LogP) is 3.58.